The number of nitrogens with zero attached hydrogens (tertiary/aromatic N) is 1. The van der Waals surface area contributed by atoms with E-state index in [-0.39, 0.29) is 12.6 Å². The number of piperidine rings is 1. The molecule has 1 unspecified atom stereocenters. The molecule has 146 valence electrons. The first-order chi connectivity index (χ1) is 12.9. The zero-order valence-electron chi connectivity index (χ0n) is 14.5. The highest BCUT2D eigenvalue weighted by Gasteiger charge is 2.33. The van der Waals surface area contributed by atoms with E-state index in [0.717, 1.165) is 25.0 Å². The third-order valence-electron chi connectivity index (χ3n) is 4.58. The summed E-state index contributed by atoms with van der Waals surface area (Å²) in [5.41, 5.74) is -0.621. The van der Waals surface area contributed by atoms with Crippen molar-refractivity contribution in [2.75, 3.05) is 13.1 Å². The van der Waals surface area contributed by atoms with Crippen molar-refractivity contribution in [1.82, 2.24) is 9.62 Å². The van der Waals surface area contributed by atoms with Crippen LogP contribution in [0.3, 0.4) is 0 Å². The molecule has 1 N–H and O–H groups in total. The molecule has 0 spiro atoms. The molecule has 2 heterocycles. The molecule has 1 aromatic heterocycles. The summed E-state index contributed by atoms with van der Waals surface area (Å²) in [5, 5.41) is 4.21. The summed E-state index contributed by atoms with van der Waals surface area (Å²) in [6, 6.07) is 6.25. The number of benzene rings is 1. The first-order valence-electron chi connectivity index (χ1n) is 8.69. The van der Waals surface area contributed by atoms with Crippen LogP contribution in [0.15, 0.2) is 39.9 Å². The zero-order valence-corrected chi connectivity index (χ0v) is 16.2. The molecule has 1 aromatic carbocycles. The van der Waals surface area contributed by atoms with E-state index in [9.17, 15) is 22.0 Å². The number of hydrogen-bond donors (Lipinski definition) is 1. The molecular weight excluding hydrogens is 394 g/mol. The minimum absolute atomic E-state index is 0.133. The van der Waals surface area contributed by atoms with E-state index >= 15 is 0 Å². The van der Waals surface area contributed by atoms with Crippen LogP contribution in [0, 0.1) is 11.6 Å². The summed E-state index contributed by atoms with van der Waals surface area (Å²) in [5.74, 6) is -2.69. The van der Waals surface area contributed by atoms with E-state index in [1.165, 1.54) is 21.7 Å². The van der Waals surface area contributed by atoms with Gasteiger partial charge in [-0.05, 0) is 42.8 Å². The lowest BCUT2D eigenvalue weighted by Crippen LogP contribution is -2.45. The summed E-state index contributed by atoms with van der Waals surface area (Å²) in [6.07, 6.45) is 2.76. The first kappa shape index (κ1) is 19.9. The number of carbonyl (C=O) groups excluding carboxylic acids is 1. The second-order valence-electron chi connectivity index (χ2n) is 6.34. The lowest BCUT2D eigenvalue weighted by atomic mass is 10.0. The van der Waals surface area contributed by atoms with Gasteiger partial charge in [0, 0.05) is 19.1 Å². The minimum Gasteiger partial charge on any atom is -0.352 e. The number of carbonyl (C=O) groups is 1. The van der Waals surface area contributed by atoms with Crippen LogP contribution in [0.1, 0.15) is 36.0 Å². The minimum atomic E-state index is -3.56. The highest BCUT2D eigenvalue weighted by molar-refractivity contribution is 7.91. The maximum absolute atomic E-state index is 13.7. The van der Waals surface area contributed by atoms with Crippen LogP contribution in [0.4, 0.5) is 8.78 Å². The van der Waals surface area contributed by atoms with Crippen LogP contribution >= 0.6 is 11.3 Å². The Bertz CT molecular complexity index is 881. The highest BCUT2D eigenvalue weighted by atomic mass is 32.2. The van der Waals surface area contributed by atoms with E-state index in [2.05, 4.69) is 5.32 Å². The predicted octanol–water partition coefficient (Wildman–Crippen LogP) is 3.39. The molecule has 1 fully saturated rings. The summed E-state index contributed by atoms with van der Waals surface area (Å²) < 4.78 is 54.8. The van der Waals surface area contributed by atoms with Gasteiger partial charge in [0.15, 0.2) is 0 Å². The third-order valence-corrected chi connectivity index (χ3v) is 7.91. The van der Waals surface area contributed by atoms with E-state index in [0.29, 0.717) is 23.6 Å². The average molecular weight is 414 g/mol. The number of rotatable bonds is 6. The first-order valence-corrected chi connectivity index (χ1v) is 11.0. The van der Waals surface area contributed by atoms with Crippen molar-refractivity contribution < 1.29 is 22.0 Å². The van der Waals surface area contributed by atoms with Crippen molar-refractivity contribution in [3.05, 3.63) is 52.9 Å². The van der Waals surface area contributed by atoms with Gasteiger partial charge in [-0.2, -0.15) is 4.31 Å². The Hall–Kier alpha value is -1.84. The molecule has 0 radical (unpaired) electrons. The van der Waals surface area contributed by atoms with Gasteiger partial charge in [-0.3, -0.25) is 4.79 Å². The normalized spacial score (nSPS) is 18.4. The topological polar surface area (TPSA) is 66.5 Å². The standard InChI is InChI=1S/C18H20F2N2O3S2/c19-14-6-3-7-15(20)17(14)18(23)21-10-9-13-5-1-2-11-22(13)27(24,25)16-8-4-12-26-16/h3-4,6-8,12-13H,1-2,5,9-11H2,(H,21,23). The van der Waals surface area contributed by atoms with Crippen molar-refractivity contribution in [1.29, 1.82) is 0 Å². The van der Waals surface area contributed by atoms with Crippen LogP contribution in [-0.2, 0) is 10.0 Å². The molecule has 9 heteroatoms. The molecule has 3 rings (SSSR count). The quantitative estimate of drug-likeness (QED) is 0.788. The number of halogens is 2. The third kappa shape index (κ3) is 4.36. The van der Waals surface area contributed by atoms with Crippen molar-refractivity contribution >= 4 is 27.3 Å². The summed E-state index contributed by atoms with van der Waals surface area (Å²) in [7, 11) is -3.56. The molecule has 5 nitrogen and oxygen atoms in total. The fraction of sp³-hybridized carbons (Fsp3) is 0.389. The second kappa shape index (κ2) is 8.45. The largest absolute Gasteiger partial charge is 0.352 e. The van der Waals surface area contributed by atoms with Crippen LogP contribution in [-0.4, -0.2) is 37.8 Å². The Kier molecular flexibility index (Phi) is 6.23. The van der Waals surface area contributed by atoms with Gasteiger partial charge in [0.25, 0.3) is 15.9 Å². The van der Waals surface area contributed by atoms with Crippen molar-refractivity contribution in [3.8, 4) is 0 Å². The average Bonchev–Trinajstić information content (AvgIpc) is 3.17. The summed E-state index contributed by atoms with van der Waals surface area (Å²) >= 11 is 1.17. The molecule has 1 aliphatic heterocycles. The smallest absolute Gasteiger partial charge is 0.257 e. The highest BCUT2D eigenvalue weighted by Crippen LogP contribution is 2.29. The van der Waals surface area contributed by atoms with Gasteiger partial charge < -0.3 is 5.32 Å². The van der Waals surface area contributed by atoms with Crippen LogP contribution < -0.4 is 5.32 Å². The lowest BCUT2D eigenvalue weighted by Gasteiger charge is -2.34. The Morgan fingerprint density at radius 2 is 1.93 bits per heavy atom. The number of amides is 1. The molecular formula is C18H20F2N2O3S2. The van der Waals surface area contributed by atoms with E-state index in [1.54, 1.807) is 17.5 Å². The Labute approximate surface area is 161 Å². The van der Waals surface area contributed by atoms with Gasteiger partial charge in [0.1, 0.15) is 21.4 Å². The van der Waals surface area contributed by atoms with Gasteiger partial charge in [-0.15, -0.1) is 11.3 Å². The molecule has 0 bridgehead atoms. The van der Waals surface area contributed by atoms with Gasteiger partial charge in [-0.1, -0.05) is 18.6 Å². The monoisotopic (exact) mass is 414 g/mol. The molecule has 1 aliphatic rings. The van der Waals surface area contributed by atoms with E-state index in [1.807, 2.05) is 0 Å². The Morgan fingerprint density at radius 1 is 1.19 bits per heavy atom. The van der Waals surface area contributed by atoms with Crippen LogP contribution in [0.5, 0.6) is 0 Å². The molecule has 0 saturated carbocycles. The number of hydrogen-bond acceptors (Lipinski definition) is 4. The van der Waals surface area contributed by atoms with E-state index < -0.39 is 33.1 Å². The van der Waals surface area contributed by atoms with E-state index in [4.69, 9.17) is 0 Å². The molecule has 2 aromatic rings. The summed E-state index contributed by atoms with van der Waals surface area (Å²) in [6.45, 7) is 0.564. The van der Waals surface area contributed by atoms with Crippen LogP contribution in [0.2, 0.25) is 0 Å². The Balaban J connectivity index is 1.65. The predicted molar refractivity (Wildman–Crippen MR) is 99.2 cm³/mol. The van der Waals surface area contributed by atoms with Gasteiger partial charge in [0.05, 0.1) is 0 Å². The molecule has 27 heavy (non-hydrogen) atoms. The molecule has 0 aliphatic carbocycles. The van der Waals surface area contributed by atoms with Crippen molar-refractivity contribution in [2.45, 2.75) is 35.9 Å². The van der Waals surface area contributed by atoms with Gasteiger partial charge in [-0.25, -0.2) is 17.2 Å². The zero-order chi connectivity index (χ0) is 19.4. The molecule has 1 saturated heterocycles. The maximum atomic E-state index is 13.7. The maximum Gasteiger partial charge on any atom is 0.257 e. The van der Waals surface area contributed by atoms with Gasteiger partial charge in [0.2, 0.25) is 0 Å². The fourth-order valence-electron chi connectivity index (χ4n) is 3.26. The molecule has 1 amide bonds. The van der Waals surface area contributed by atoms with Crippen molar-refractivity contribution in [2.24, 2.45) is 0 Å². The fourth-order valence-corrected chi connectivity index (χ4v) is 6.10. The SMILES string of the molecule is O=C(NCCC1CCCCN1S(=O)(=O)c1cccs1)c1c(F)cccc1F. The second-order valence-corrected chi connectivity index (χ2v) is 9.40. The number of nitrogens with one attached hydrogen (secondary N) is 1. The lowest BCUT2D eigenvalue weighted by molar-refractivity contribution is 0.0941. The molecule has 1 atom stereocenters. The van der Waals surface area contributed by atoms with Crippen LogP contribution in [0.25, 0.3) is 0 Å². The number of thiophene rings is 1. The number of sulfonamides is 1. The van der Waals surface area contributed by atoms with Gasteiger partial charge >= 0.3 is 0 Å². The summed E-state index contributed by atoms with van der Waals surface area (Å²) in [4.78, 5) is 12.1. The van der Waals surface area contributed by atoms with Crippen molar-refractivity contribution in [3.63, 3.8) is 0 Å². The Morgan fingerprint density at radius 3 is 2.59 bits per heavy atom.